The highest BCUT2D eigenvalue weighted by Gasteiger charge is 2.34. The van der Waals surface area contributed by atoms with Crippen molar-refractivity contribution in [1.82, 2.24) is 10.6 Å². The Morgan fingerprint density at radius 1 is 0.972 bits per heavy atom. The average Bonchev–Trinajstić information content (AvgIpc) is 3.04. The van der Waals surface area contributed by atoms with Crippen molar-refractivity contribution in [2.45, 2.75) is 44.3 Å². The van der Waals surface area contributed by atoms with Gasteiger partial charge in [-0.2, -0.15) is 0 Å². The van der Waals surface area contributed by atoms with Crippen molar-refractivity contribution in [1.29, 1.82) is 0 Å². The largest absolute Gasteiger partial charge is 0.327 e. The monoisotopic (exact) mass is 478 g/mol. The third kappa shape index (κ3) is 4.96. The van der Waals surface area contributed by atoms with Crippen LogP contribution in [0.25, 0.3) is 0 Å². The molecule has 36 heavy (non-hydrogen) atoms. The van der Waals surface area contributed by atoms with Crippen LogP contribution in [0.5, 0.6) is 0 Å². The number of urea groups is 1. The maximum absolute atomic E-state index is 13.4. The van der Waals surface area contributed by atoms with Crippen molar-refractivity contribution in [2.24, 2.45) is 10.9 Å². The van der Waals surface area contributed by atoms with Crippen molar-refractivity contribution in [2.75, 3.05) is 11.9 Å². The minimum absolute atomic E-state index is 0.251. The van der Waals surface area contributed by atoms with Crippen LogP contribution < -0.4 is 15.5 Å². The molecule has 182 valence electrons. The number of nitrogens with one attached hydrogen (secondary N) is 2. The van der Waals surface area contributed by atoms with Gasteiger partial charge in [-0.1, -0.05) is 86.0 Å². The minimum Gasteiger partial charge on any atom is -0.327 e. The molecule has 6 nitrogen and oxygen atoms in total. The molecule has 1 atom stereocenters. The molecule has 1 aliphatic carbocycles. The highest BCUT2D eigenvalue weighted by atomic mass is 16.2. The first-order valence-corrected chi connectivity index (χ1v) is 12.6. The van der Waals surface area contributed by atoms with Crippen LogP contribution in [-0.2, 0) is 4.79 Å². The Morgan fingerprint density at radius 3 is 2.25 bits per heavy atom. The van der Waals surface area contributed by atoms with Crippen molar-refractivity contribution in [3.05, 3.63) is 102 Å². The second-order valence-corrected chi connectivity index (χ2v) is 9.39. The molecule has 1 aliphatic heterocycles. The summed E-state index contributed by atoms with van der Waals surface area (Å²) >= 11 is 0. The van der Waals surface area contributed by atoms with Crippen LogP contribution in [-0.4, -0.2) is 30.9 Å². The number of benzene rings is 2. The van der Waals surface area contributed by atoms with Gasteiger partial charge in [-0.3, -0.25) is 9.79 Å². The summed E-state index contributed by atoms with van der Waals surface area (Å²) in [6.07, 6.45) is 4.52. The number of carbonyl (C=O) groups is 2. The molecule has 2 aliphatic rings. The lowest BCUT2D eigenvalue weighted by Crippen LogP contribution is -2.50. The molecule has 1 saturated carbocycles. The number of hydrogen-bond donors (Lipinski definition) is 2. The summed E-state index contributed by atoms with van der Waals surface area (Å²) in [7, 11) is 1.70. The van der Waals surface area contributed by atoms with Crippen LogP contribution in [0.15, 0.2) is 77.8 Å². The fourth-order valence-electron chi connectivity index (χ4n) is 5.15. The van der Waals surface area contributed by atoms with E-state index in [0.29, 0.717) is 5.69 Å². The molecule has 2 N–H and O–H groups in total. The van der Waals surface area contributed by atoms with Gasteiger partial charge in [-0.05, 0) is 42.2 Å². The zero-order chi connectivity index (χ0) is 24.9. The molecule has 1 unspecified atom stereocenters. The van der Waals surface area contributed by atoms with Crippen LogP contribution >= 0.6 is 0 Å². The van der Waals surface area contributed by atoms with Crippen LogP contribution in [0, 0.1) is 18.1 Å². The lowest BCUT2D eigenvalue weighted by Gasteiger charge is -2.24. The lowest BCUT2D eigenvalue weighted by atomic mass is 9.83. The van der Waals surface area contributed by atoms with E-state index >= 15 is 0 Å². The number of fused-ring (bicyclic) bond motifs is 1. The van der Waals surface area contributed by atoms with Gasteiger partial charge in [0.1, 0.15) is 5.69 Å². The van der Waals surface area contributed by atoms with Gasteiger partial charge in [0, 0.05) is 18.5 Å². The fraction of sp³-hybridized carbons (Fsp3) is 0.300. The molecule has 0 saturated heterocycles. The van der Waals surface area contributed by atoms with E-state index in [1.165, 1.54) is 11.3 Å². The molecule has 3 aromatic carbocycles. The predicted molar refractivity (Wildman–Crippen MR) is 141 cm³/mol. The number of hydrogen-bond acceptors (Lipinski definition) is 3. The third-order valence-corrected chi connectivity index (χ3v) is 7.02. The molecular weight excluding hydrogens is 448 g/mol. The predicted octanol–water partition coefficient (Wildman–Crippen LogP) is 5.05. The van der Waals surface area contributed by atoms with Crippen molar-refractivity contribution in [3.8, 4) is 0 Å². The standard InChI is InChI=1S/C30H30N4O2/c1-34-25-20-12-11-19-24(25)27(23-17-9-4-10-18-23)31-28(29(34)35)33-30(36)32-26(21-13-5-2-6-14-21)22-15-7-3-8-16-22/h2-3,5-8,11,13-16,19,23,26,28H,4,9-10,17-18H2,1H3,(H2,32,33,36). The Kier molecular flexibility index (Phi) is 6.99. The topological polar surface area (TPSA) is 73.8 Å². The summed E-state index contributed by atoms with van der Waals surface area (Å²) in [4.78, 5) is 33.2. The zero-order valence-corrected chi connectivity index (χ0v) is 20.4. The molecular formula is C30H30N4O2. The Morgan fingerprint density at radius 2 is 1.61 bits per heavy atom. The second kappa shape index (κ2) is 10.7. The quantitative estimate of drug-likeness (QED) is 0.539. The summed E-state index contributed by atoms with van der Waals surface area (Å²) in [5.74, 6) is -0.0506. The number of aliphatic imine (C=N–C) groups is 1. The molecule has 1 heterocycles. The first kappa shape index (κ1) is 23.6. The highest BCUT2D eigenvalue weighted by molar-refractivity contribution is 6.13. The molecule has 0 radical (unpaired) electrons. The fourth-order valence-corrected chi connectivity index (χ4v) is 5.15. The van der Waals surface area contributed by atoms with Crippen LogP contribution in [0.3, 0.4) is 0 Å². The average molecular weight is 479 g/mol. The third-order valence-electron chi connectivity index (χ3n) is 7.02. The molecule has 6 heteroatoms. The highest BCUT2D eigenvalue weighted by Crippen LogP contribution is 2.32. The van der Waals surface area contributed by atoms with Gasteiger partial charge >= 0.3 is 6.03 Å². The molecule has 0 aromatic heterocycles. The Hall–Kier alpha value is -4.11. The van der Waals surface area contributed by atoms with E-state index in [0.717, 1.165) is 48.1 Å². The number of amides is 3. The van der Waals surface area contributed by atoms with Crippen molar-refractivity contribution in [3.63, 3.8) is 0 Å². The molecule has 1 fully saturated rings. The number of likely N-dealkylation sites (N-methyl/N-ethyl adjacent to an activating group) is 1. The van der Waals surface area contributed by atoms with Gasteiger partial charge in [0.2, 0.25) is 6.17 Å². The van der Waals surface area contributed by atoms with E-state index in [1.807, 2.05) is 66.7 Å². The number of rotatable bonds is 5. The number of carbonyl (C=O) groups excluding carboxylic acids is 2. The first-order chi connectivity index (χ1) is 17.6. The normalized spacial score (nSPS) is 18.1. The summed E-state index contributed by atoms with van der Waals surface area (Å²) < 4.78 is 0. The van der Waals surface area contributed by atoms with E-state index in [-0.39, 0.29) is 17.9 Å². The van der Waals surface area contributed by atoms with Crippen LogP contribution in [0.1, 0.15) is 54.8 Å². The maximum Gasteiger partial charge on any atom is 0.317 e. The van der Waals surface area contributed by atoms with Crippen LogP contribution in [0.4, 0.5) is 10.5 Å². The number of anilines is 1. The van der Waals surface area contributed by atoms with Gasteiger partial charge in [0.15, 0.2) is 0 Å². The first-order valence-electron chi connectivity index (χ1n) is 12.6. The van der Waals surface area contributed by atoms with Crippen molar-refractivity contribution >= 4 is 23.3 Å². The molecule has 3 aromatic rings. The van der Waals surface area contributed by atoms with Crippen molar-refractivity contribution < 1.29 is 9.59 Å². The Balaban J connectivity index is 1.44. The van der Waals surface area contributed by atoms with E-state index in [9.17, 15) is 9.59 Å². The van der Waals surface area contributed by atoms with E-state index in [2.05, 4.69) is 22.8 Å². The summed E-state index contributed by atoms with van der Waals surface area (Å²) in [5, 5.41) is 5.92. The summed E-state index contributed by atoms with van der Waals surface area (Å²) in [6.45, 7) is 0. The number of nitrogens with zero attached hydrogens (tertiary/aromatic N) is 2. The van der Waals surface area contributed by atoms with Gasteiger partial charge in [-0.25, -0.2) is 4.79 Å². The van der Waals surface area contributed by atoms with E-state index in [4.69, 9.17) is 4.99 Å². The summed E-state index contributed by atoms with van der Waals surface area (Å²) in [6, 6.07) is 28.6. The second-order valence-electron chi connectivity index (χ2n) is 9.39. The molecule has 0 spiro atoms. The molecule has 3 amide bonds. The van der Waals surface area contributed by atoms with E-state index in [1.54, 1.807) is 13.1 Å². The van der Waals surface area contributed by atoms with Gasteiger partial charge < -0.3 is 15.5 Å². The molecule has 0 bridgehead atoms. The minimum atomic E-state index is -1.03. The maximum atomic E-state index is 13.4. The zero-order valence-electron chi connectivity index (χ0n) is 20.4. The SMILES string of the molecule is CN1C(=O)C(NC(=O)NC(c2ccccc2)c2ccccc2)N=C(C2CCCCC2)c2ccc#cc21. The van der Waals surface area contributed by atoms with Gasteiger partial charge in [0.25, 0.3) is 5.91 Å². The van der Waals surface area contributed by atoms with Gasteiger partial charge in [-0.15, -0.1) is 0 Å². The summed E-state index contributed by atoms with van der Waals surface area (Å²) in [5.41, 5.74) is 4.33. The molecule has 5 rings (SSSR count). The Bertz CT molecular complexity index is 1200. The van der Waals surface area contributed by atoms with Crippen LogP contribution in [0.2, 0.25) is 0 Å². The van der Waals surface area contributed by atoms with E-state index < -0.39 is 12.2 Å². The smallest absolute Gasteiger partial charge is 0.317 e. The lowest BCUT2D eigenvalue weighted by molar-refractivity contribution is -0.119. The van der Waals surface area contributed by atoms with Gasteiger partial charge in [0.05, 0.1) is 11.8 Å². The Labute approximate surface area is 212 Å².